The molecule has 2 heterocycles. The van der Waals surface area contributed by atoms with Gasteiger partial charge in [0.05, 0.1) is 13.2 Å². The summed E-state index contributed by atoms with van der Waals surface area (Å²) in [5.74, 6) is -0.836. The quantitative estimate of drug-likeness (QED) is 0.821. The van der Waals surface area contributed by atoms with Crippen LogP contribution in [0.25, 0.3) is 0 Å². The number of ether oxygens (including phenoxy) is 2. The maximum atomic E-state index is 13.0. The number of halogens is 1. The van der Waals surface area contributed by atoms with Gasteiger partial charge in [0.1, 0.15) is 5.41 Å². The summed E-state index contributed by atoms with van der Waals surface area (Å²) in [5, 5.41) is 3.46. The van der Waals surface area contributed by atoms with Crippen LogP contribution in [0.2, 0.25) is 5.02 Å². The Morgan fingerprint density at radius 2 is 1.77 bits per heavy atom. The smallest absolute Gasteiger partial charge is 0.240 e. The van der Waals surface area contributed by atoms with E-state index in [1.165, 1.54) is 0 Å². The first-order valence-electron chi connectivity index (χ1n) is 9.09. The fourth-order valence-corrected chi connectivity index (χ4v) is 3.94. The molecule has 3 aliphatic rings. The van der Waals surface area contributed by atoms with Gasteiger partial charge in [-0.1, -0.05) is 17.7 Å². The number of carbonyl (C=O) groups is 2. The monoisotopic (exact) mass is 378 g/mol. The second-order valence-corrected chi connectivity index (χ2v) is 7.83. The number of piperidine rings is 1. The standard InChI is InChI=1S/C19H23ClN2O4/c1-13-2-3-14(20)12-15(13)21-16(23)18(4-5-18)17(24)22-8-6-19(7-9-22)25-10-11-26-19/h2-3,12H,4-11H2,1H3,(H,21,23). The number of benzene rings is 1. The highest BCUT2D eigenvalue weighted by atomic mass is 35.5. The summed E-state index contributed by atoms with van der Waals surface area (Å²) in [7, 11) is 0. The summed E-state index contributed by atoms with van der Waals surface area (Å²) >= 11 is 6.02. The molecular formula is C19H23ClN2O4. The zero-order valence-corrected chi connectivity index (χ0v) is 15.6. The van der Waals surface area contributed by atoms with Gasteiger partial charge in [-0.25, -0.2) is 0 Å². The molecular weight excluding hydrogens is 356 g/mol. The lowest BCUT2D eigenvalue weighted by atomic mass is 9.98. The van der Waals surface area contributed by atoms with E-state index >= 15 is 0 Å². The molecule has 0 radical (unpaired) electrons. The predicted molar refractivity (Wildman–Crippen MR) is 96.9 cm³/mol. The van der Waals surface area contributed by atoms with Crippen LogP contribution in [0.1, 0.15) is 31.2 Å². The minimum Gasteiger partial charge on any atom is -0.347 e. The molecule has 1 aromatic rings. The maximum absolute atomic E-state index is 13.0. The van der Waals surface area contributed by atoms with Gasteiger partial charge in [-0.05, 0) is 37.5 Å². The molecule has 2 aliphatic heterocycles. The lowest BCUT2D eigenvalue weighted by molar-refractivity contribution is -0.188. The zero-order valence-electron chi connectivity index (χ0n) is 14.8. The van der Waals surface area contributed by atoms with Gasteiger partial charge in [-0.3, -0.25) is 9.59 Å². The summed E-state index contributed by atoms with van der Waals surface area (Å²) in [4.78, 5) is 27.7. The van der Waals surface area contributed by atoms with E-state index in [1.807, 2.05) is 13.0 Å². The van der Waals surface area contributed by atoms with Crippen LogP contribution in [0, 0.1) is 12.3 Å². The Morgan fingerprint density at radius 1 is 1.12 bits per heavy atom. The van der Waals surface area contributed by atoms with Gasteiger partial charge in [0.2, 0.25) is 11.8 Å². The Bertz CT molecular complexity index is 731. The van der Waals surface area contributed by atoms with E-state index in [0.29, 0.717) is 62.7 Å². The number of hydrogen-bond donors (Lipinski definition) is 1. The third-order valence-corrected chi connectivity index (χ3v) is 5.90. The van der Waals surface area contributed by atoms with E-state index in [2.05, 4.69) is 5.32 Å². The van der Waals surface area contributed by atoms with Gasteiger partial charge in [0.25, 0.3) is 0 Å². The fraction of sp³-hybridized carbons (Fsp3) is 0.579. The highest BCUT2D eigenvalue weighted by molar-refractivity contribution is 6.31. The van der Waals surface area contributed by atoms with Gasteiger partial charge in [0, 0.05) is 36.6 Å². The Morgan fingerprint density at radius 3 is 2.38 bits per heavy atom. The van der Waals surface area contributed by atoms with Gasteiger partial charge in [0.15, 0.2) is 5.79 Å². The number of likely N-dealkylation sites (tertiary alicyclic amines) is 1. The molecule has 26 heavy (non-hydrogen) atoms. The van der Waals surface area contributed by atoms with E-state index in [-0.39, 0.29) is 11.8 Å². The van der Waals surface area contributed by atoms with Crippen molar-refractivity contribution in [2.24, 2.45) is 5.41 Å². The molecule has 4 rings (SSSR count). The van der Waals surface area contributed by atoms with E-state index in [4.69, 9.17) is 21.1 Å². The maximum Gasteiger partial charge on any atom is 0.240 e. The molecule has 1 saturated carbocycles. The van der Waals surface area contributed by atoms with Crippen molar-refractivity contribution >= 4 is 29.1 Å². The Labute approximate surface area is 157 Å². The predicted octanol–water partition coefficient (Wildman–Crippen LogP) is 2.73. The largest absolute Gasteiger partial charge is 0.347 e. The van der Waals surface area contributed by atoms with Crippen molar-refractivity contribution in [1.29, 1.82) is 0 Å². The van der Waals surface area contributed by atoms with E-state index in [0.717, 1.165) is 5.56 Å². The fourth-order valence-electron chi connectivity index (χ4n) is 3.77. The van der Waals surface area contributed by atoms with Crippen molar-refractivity contribution < 1.29 is 19.1 Å². The number of anilines is 1. The Balaban J connectivity index is 1.42. The minimum atomic E-state index is -0.934. The molecule has 2 saturated heterocycles. The van der Waals surface area contributed by atoms with Crippen LogP contribution >= 0.6 is 11.6 Å². The molecule has 0 unspecified atom stereocenters. The van der Waals surface area contributed by atoms with Crippen LogP contribution in [0.15, 0.2) is 18.2 Å². The normalized spacial score (nSPS) is 23.1. The van der Waals surface area contributed by atoms with Crippen molar-refractivity contribution in [3.63, 3.8) is 0 Å². The van der Waals surface area contributed by atoms with Crippen molar-refractivity contribution in [2.45, 2.75) is 38.4 Å². The number of rotatable bonds is 3. The molecule has 6 nitrogen and oxygen atoms in total. The third-order valence-electron chi connectivity index (χ3n) is 5.67. The van der Waals surface area contributed by atoms with Crippen LogP contribution < -0.4 is 5.32 Å². The number of nitrogens with one attached hydrogen (secondary N) is 1. The van der Waals surface area contributed by atoms with Crippen molar-refractivity contribution in [3.05, 3.63) is 28.8 Å². The zero-order chi connectivity index (χ0) is 18.4. The second-order valence-electron chi connectivity index (χ2n) is 7.40. The van der Waals surface area contributed by atoms with Crippen LogP contribution in [0.5, 0.6) is 0 Å². The van der Waals surface area contributed by atoms with Gasteiger partial charge in [-0.15, -0.1) is 0 Å². The number of carbonyl (C=O) groups excluding carboxylic acids is 2. The summed E-state index contributed by atoms with van der Waals surface area (Å²) in [5.41, 5.74) is 0.643. The van der Waals surface area contributed by atoms with Gasteiger partial charge >= 0.3 is 0 Å². The summed E-state index contributed by atoms with van der Waals surface area (Å²) < 4.78 is 11.4. The highest BCUT2D eigenvalue weighted by Gasteiger charge is 2.58. The average Bonchev–Trinajstić information content (AvgIpc) is 3.34. The van der Waals surface area contributed by atoms with Crippen LogP contribution in [0.3, 0.4) is 0 Å². The molecule has 1 aliphatic carbocycles. The first kappa shape index (κ1) is 17.8. The number of aryl methyl sites for hydroxylation is 1. The SMILES string of the molecule is Cc1ccc(Cl)cc1NC(=O)C1(C(=O)N2CCC3(CC2)OCCO3)CC1. The molecule has 2 amide bonds. The third kappa shape index (κ3) is 3.10. The average molecular weight is 379 g/mol. The van der Waals surface area contributed by atoms with Gasteiger partial charge in [-0.2, -0.15) is 0 Å². The molecule has 1 spiro atoms. The number of hydrogen-bond acceptors (Lipinski definition) is 4. The Hall–Kier alpha value is -1.63. The molecule has 0 bridgehead atoms. The Kier molecular flexibility index (Phi) is 4.45. The molecule has 3 fully saturated rings. The highest BCUT2D eigenvalue weighted by Crippen LogP contribution is 2.49. The molecule has 140 valence electrons. The lowest BCUT2D eigenvalue weighted by Crippen LogP contribution is -2.51. The number of amides is 2. The minimum absolute atomic E-state index is 0.0810. The summed E-state index contributed by atoms with van der Waals surface area (Å²) in [6.07, 6.45) is 2.49. The van der Waals surface area contributed by atoms with Crippen molar-refractivity contribution in [2.75, 3.05) is 31.6 Å². The molecule has 1 aromatic carbocycles. The molecule has 7 heteroatoms. The molecule has 0 aromatic heterocycles. The summed E-state index contributed by atoms with van der Waals surface area (Å²) in [6, 6.07) is 5.35. The van der Waals surface area contributed by atoms with E-state index < -0.39 is 11.2 Å². The second kappa shape index (κ2) is 6.51. The van der Waals surface area contributed by atoms with Crippen LogP contribution in [-0.4, -0.2) is 48.8 Å². The van der Waals surface area contributed by atoms with Gasteiger partial charge < -0.3 is 19.7 Å². The topological polar surface area (TPSA) is 67.9 Å². The van der Waals surface area contributed by atoms with Crippen LogP contribution in [-0.2, 0) is 19.1 Å². The lowest BCUT2D eigenvalue weighted by Gasteiger charge is -2.38. The number of nitrogens with zero attached hydrogens (tertiary/aromatic N) is 1. The molecule has 1 N–H and O–H groups in total. The molecule has 0 atom stereocenters. The summed E-state index contributed by atoms with van der Waals surface area (Å²) in [6.45, 7) is 4.24. The van der Waals surface area contributed by atoms with Crippen molar-refractivity contribution in [1.82, 2.24) is 4.90 Å². The van der Waals surface area contributed by atoms with E-state index in [1.54, 1.807) is 17.0 Å². The van der Waals surface area contributed by atoms with E-state index in [9.17, 15) is 9.59 Å². The first-order valence-corrected chi connectivity index (χ1v) is 9.47. The van der Waals surface area contributed by atoms with Crippen LogP contribution in [0.4, 0.5) is 5.69 Å². The van der Waals surface area contributed by atoms with Crippen molar-refractivity contribution in [3.8, 4) is 0 Å². The first-order chi connectivity index (χ1) is 12.4.